The molecule has 0 spiro atoms. The average Bonchev–Trinajstić information content (AvgIpc) is 2.80. The summed E-state index contributed by atoms with van der Waals surface area (Å²) < 4.78 is 0. The van der Waals surface area contributed by atoms with Gasteiger partial charge in [-0.2, -0.15) is 0 Å². The molecule has 1 fully saturated rings. The van der Waals surface area contributed by atoms with E-state index in [0.29, 0.717) is 6.04 Å². The molecule has 0 bridgehead atoms. The van der Waals surface area contributed by atoms with Crippen LogP contribution in [0, 0.1) is 18.8 Å². The quantitative estimate of drug-likeness (QED) is 0.866. The van der Waals surface area contributed by atoms with E-state index in [-0.39, 0.29) is 0 Å². The van der Waals surface area contributed by atoms with E-state index < -0.39 is 0 Å². The Balaban J connectivity index is 1.86. The fourth-order valence-corrected chi connectivity index (χ4v) is 3.57. The molecule has 1 aliphatic rings. The normalized spacial score (nSPS) is 26.1. The van der Waals surface area contributed by atoms with Crippen LogP contribution in [0.25, 0.3) is 10.9 Å². The topological polar surface area (TPSA) is 24.9 Å². The van der Waals surface area contributed by atoms with Gasteiger partial charge in [0, 0.05) is 11.4 Å². The number of para-hydroxylation sites is 1. The van der Waals surface area contributed by atoms with Gasteiger partial charge in [-0.1, -0.05) is 38.5 Å². The zero-order chi connectivity index (χ0) is 14.1. The SMILES string of the molecule is CCC1CCC(Nc2nc3ccccc3cc2C)C1C. The molecule has 106 valence electrons. The van der Waals surface area contributed by atoms with Crippen LogP contribution >= 0.6 is 0 Å². The van der Waals surface area contributed by atoms with Crippen molar-refractivity contribution in [2.75, 3.05) is 5.32 Å². The van der Waals surface area contributed by atoms with Crippen molar-refractivity contribution in [2.45, 2.75) is 46.1 Å². The third kappa shape index (κ3) is 2.39. The number of hydrogen-bond donors (Lipinski definition) is 1. The molecule has 1 N–H and O–H groups in total. The molecule has 3 unspecified atom stereocenters. The van der Waals surface area contributed by atoms with Gasteiger partial charge >= 0.3 is 0 Å². The van der Waals surface area contributed by atoms with E-state index >= 15 is 0 Å². The molecule has 3 rings (SSSR count). The molecule has 0 aliphatic heterocycles. The molecule has 3 atom stereocenters. The number of nitrogens with one attached hydrogen (secondary N) is 1. The lowest BCUT2D eigenvalue weighted by molar-refractivity contribution is 0.391. The fraction of sp³-hybridized carbons (Fsp3) is 0.500. The Morgan fingerprint density at radius 1 is 1.25 bits per heavy atom. The maximum Gasteiger partial charge on any atom is 0.129 e. The Hall–Kier alpha value is -1.57. The van der Waals surface area contributed by atoms with Crippen LogP contribution in [0.2, 0.25) is 0 Å². The third-order valence-corrected chi connectivity index (χ3v) is 4.99. The minimum Gasteiger partial charge on any atom is -0.367 e. The van der Waals surface area contributed by atoms with Gasteiger partial charge in [-0.15, -0.1) is 0 Å². The zero-order valence-electron chi connectivity index (χ0n) is 12.7. The Labute approximate surface area is 121 Å². The molecule has 1 aromatic carbocycles. The van der Waals surface area contributed by atoms with E-state index in [0.717, 1.165) is 23.2 Å². The highest BCUT2D eigenvalue weighted by Gasteiger charge is 2.31. The van der Waals surface area contributed by atoms with Gasteiger partial charge in [0.25, 0.3) is 0 Å². The van der Waals surface area contributed by atoms with Gasteiger partial charge in [-0.3, -0.25) is 0 Å². The summed E-state index contributed by atoms with van der Waals surface area (Å²) in [5, 5.41) is 4.93. The largest absolute Gasteiger partial charge is 0.367 e. The lowest BCUT2D eigenvalue weighted by Crippen LogP contribution is -2.25. The van der Waals surface area contributed by atoms with E-state index in [9.17, 15) is 0 Å². The summed E-state index contributed by atoms with van der Waals surface area (Å²) in [5.41, 5.74) is 2.33. The summed E-state index contributed by atoms with van der Waals surface area (Å²) in [7, 11) is 0. The van der Waals surface area contributed by atoms with Crippen LogP contribution in [0.5, 0.6) is 0 Å². The number of aromatic nitrogens is 1. The predicted octanol–water partition coefficient (Wildman–Crippen LogP) is 4.78. The number of fused-ring (bicyclic) bond motifs is 1. The number of pyridine rings is 1. The highest BCUT2D eigenvalue weighted by atomic mass is 15.0. The molecule has 1 saturated carbocycles. The Morgan fingerprint density at radius 2 is 2.05 bits per heavy atom. The first-order valence-electron chi connectivity index (χ1n) is 7.82. The minimum atomic E-state index is 0.576. The van der Waals surface area contributed by atoms with Crippen LogP contribution in [0.3, 0.4) is 0 Å². The number of anilines is 1. The van der Waals surface area contributed by atoms with Crippen LogP contribution in [0.1, 0.15) is 38.7 Å². The van der Waals surface area contributed by atoms with Crippen LogP contribution in [-0.2, 0) is 0 Å². The van der Waals surface area contributed by atoms with Gasteiger partial charge in [-0.05, 0) is 49.3 Å². The zero-order valence-corrected chi connectivity index (χ0v) is 12.7. The van der Waals surface area contributed by atoms with Crippen molar-refractivity contribution in [3.05, 3.63) is 35.9 Å². The maximum atomic E-state index is 4.81. The van der Waals surface area contributed by atoms with Crippen LogP contribution in [0.15, 0.2) is 30.3 Å². The summed E-state index contributed by atoms with van der Waals surface area (Å²) in [4.78, 5) is 4.81. The predicted molar refractivity (Wildman–Crippen MR) is 86.1 cm³/mol. The standard InChI is InChI=1S/C18H24N2/c1-4-14-9-10-16(13(14)3)19-18-12(2)11-15-7-5-6-8-17(15)20-18/h5-8,11,13-14,16H,4,9-10H2,1-3H3,(H,19,20). The van der Waals surface area contributed by atoms with Gasteiger partial charge < -0.3 is 5.32 Å². The first-order valence-corrected chi connectivity index (χ1v) is 7.82. The van der Waals surface area contributed by atoms with Crippen molar-refractivity contribution in [1.82, 2.24) is 4.98 Å². The Morgan fingerprint density at radius 3 is 2.80 bits per heavy atom. The van der Waals surface area contributed by atoms with Crippen molar-refractivity contribution in [2.24, 2.45) is 11.8 Å². The van der Waals surface area contributed by atoms with Gasteiger partial charge in [0.2, 0.25) is 0 Å². The summed E-state index contributed by atoms with van der Waals surface area (Å²) in [6.45, 7) is 6.84. The number of nitrogens with zero attached hydrogens (tertiary/aromatic N) is 1. The Kier molecular flexibility index (Phi) is 3.64. The van der Waals surface area contributed by atoms with E-state index in [4.69, 9.17) is 4.98 Å². The van der Waals surface area contributed by atoms with Crippen molar-refractivity contribution in [3.63, 3.8) is 0 Å². The van der Waals surface area contributed by atoms with Crippen LogP contribution in [-0.4, -0.2) is 11.0 Å². The first-order chi connectivity index (χ1) is 9.69. The molecule has 20 heavy (non-hydrogen) atoms. The van der Waals surface area contributed by atoms with Crippen molar-refractivity contribution < 1.29 is 0 Å². The fourth-order valence-electron chi connectivity index (χ4n) is 3.57. The Bertz CT molecular complexity index is 605. The van der Waals surface area contributed by atoms with Gasteiger partial charge in [0.05, 0.1) is 5.52 Å². The van der Waals surface area contributed by atoms with E-state index in [1.54, 1.807) is 0 Å². The lowest BCUT2D eigenvalue weighted by Gasteiger charge is -2.22. The molecule has 0 radical (unpaired) electrons. The van der Waals surface area contributed by atoms with Gasteiger partial charge in [0.15, 0.2) is 0 Å². The molecule has 2 aromatic rings. The second-order valence-electron chi connectivity index (χ2n) is 6.20. The monoisotopic (exact) mass is 268 g/mol. The van der Waals surface area contributed by atoms with Crippen molar-refractivity contribution in [1.29, 1.82) is 0 Å². The van der Waals surface area contributed by atoms with E-state index in [1.807, 2.05) is 0 Å². The van der Waals surface area contributed by atoms with E-state index in [2.05, 4.69) is 56.4 Å². The lowest BCUT2D eigenvalue weighted by atomic mass is 9.93. The highest BCUT2D eigenvalue weighted by molar-refractivity contribution is 5.81. The molecule has 1 aliphatic carbocycles. The first kappa shape index (κ1) is 13.4. The van der Waals surface area contributed by atoms with Crippen molar-refractivity contribution in [3.8, 4) is 0 Å². The third-order valence-electron chi connectivity index (χ3n) is 4.99. The molecule has 1 heterocycles. The van der Waals surface area contributed by atoms with Gasteiger partial charge in [0.1, 0.15) is 5.82 Å². The average molecular weight is 268 g/mol. The van der Waals surface area contributed by atoms with Crippen LogP contribution in [0.4, 0.5) is 5.82 Å². The molecule has 1 aromatic heterocycles. The second kappa shape index (κ2) is 5.43. The number of hydrogen-bond acceptors (Lipinski definition) is 2. The number of benzene rings is 1. The summed E-state index contributed by atoms with van der Waals surface area (Å²) in [5.74, 6) is 2.68. The minimum absolute atomic E-state index is 0.576. The highest BCUT2D eigenvalue weighted by Crippen LogP contribution is 2.36. The number of aryl methyl sites for hydroxylation is 1. The van der Waals surface area contributed by atoms with Gasteiger partial charge in [-0.25, -0.2) is 4.98 Å². The maximum absolute atomic E-state index is 4.81. The second-order valence-corrected chi connectivity index (χ2v) is 6.20. The summed E-state index contributed by atoms with van der Waals surface area (Å²) in [6.07, 6.45) is 3.92. The molecular formula is C18H24N2. The molecular weight excluding hydrogens is 244 g/mol. The molecule has 2 nitrogen and oxygen atoms in total. The van der Waals surface area contributed by atoms with Crippen LogP contribution < -0.4 is 5.32 Å². The summed E-state index contributed by atoms with van der Waals surface area (Å²) in [6, 6.07) is 11.2. The van der Waals surface area contributed by atoms with Crippen molar-refractivity contribution >= 4 is 16.7 Å². The smallest absolute Gasteiger partial charge is 0.129 e. The molecule has 0 saturated heterocycles. The molecule has 0 amide bonds. The summed E-state index contributed by atoms with van der Waals surface area (Å²) >= 11 is 0. The molecule has 2 heteroatoms. The van der Waals surface area contributed by atoms with E-state index in [1.165, 1.54) is 30.2 Å². The number of rotatable bonds is 3.